The fourth-order valence-corrected chi connectivity index (χ4v) is 2.83. The van der Waals surface area contributed by atoms with Gasteiger partial charge in [-0.2, -0.15) is 0 Å². The van der Waals surface area contributed by atoms with Crippen LogP contribution in [0.1, 0.15) is 24.7 Å². The van der Waals surface area contributed by atoms with Crippen molar-refractivity contribution >= 4 is 16.8 Å². The zero-order valence-electron chi connectivity index (χ0n) is 8.20. The van der Waals surface area contributed by atoms with Gasteiger partial charge in [0.25, 0.3) is 0 Å². The molecule has 1 aliphatic heterocycles. The van der Waals surface area contributed by atoms with Gasteiger partial charge in [0.15, 0.2) is 0 Å². The Balaban J connectivity index is 2.25. The lowest BCUT2D eigenvalue weighted by molar-refractivity contribution is 0.622. The molecule has 74 valence electrons. The van der Waals surface area contributed by atoms with Gasteiger partial charge in [-0.1, -0.05) is 12.1 Å². The second kappa shape index (κ2) is 3.73. The van der Waals surface area contributed by atoms with Crippen molar-refractivity contribution in [2.24, 2.45) is 4.99 Å². The number of aliphatic imine (C=N–C) groups is 1. The number of hydrogen-bond acceptors (Lipinski definition) is 2. The molecule has 1 unspecified atom stereocenters. The first-order chi connectivity index (χ1) is 6.66. The van der Waals surface area contributed by atoms with E-state index in [-0.39, 0.29) is 17.1 Å². The number of benzene rings is 1. The standard InChI is InChI=1S/C11H12FNS/c1-7-11(14-8(2)13-7)9-4-3-5-10(12)6-9/h3-7,11H,1-2H3/t7-,11?/m1/s1. The SMILES string of the molecule is CC1=N[C@H](C)C(c2cccc(F)c2)S1. The minimum atomic E-state index is -0.167. The molecule has 0 amide bonds. The van der Waals surface area contributed by atoms with Crippen LogP contribution in [0.25, 0.3) is 0 Å². The molecule has 0 fully saturated rings. The molecule has 0 N–H and O–H groups in total. The van der Waals surface area contributed by atoms with Crippen molar-refractivity contribution in [3.63, 3.8) is 0 Å². The van der Waals surface area contributed by atoms with Crippen LogP contribution in [0.3, 0.4) is 0 Å². The van der Waals surface area contributed by atoms with Gasteiger partial charge in [-0.05, 0) is 31.5 Å². The summed E-state index contributed by atoms with van der Waals surface area (Å²) in [6.07, 6.45) is 0. The summed E-state index contributed by atoms with van der Waals surface area (Å²) in [6.45, 7) is 4.07. The molecule has 0 spiro atoms. The predicted octanol–water partition coefficient (Wildman–Crippen LogP) is 3.42. The maximum absolute atomic E-state index is 13.0. The van der Waals surface area contributed by atoms with Crippen LogP contribution < -0.4 is 0 Å². The lowest BCUT2D eigenvalue weighted by Gasteiger charge is -2.13. The largest absolute Gasteiger partial charge is 0.279 e. The van der Waals surface area contributed by atoms with E-state index < -0.39 is 0 Å². The Labute approximate surface area is 87.4 Å². The number of rotatable bonds is 1. The zero-order valence-corrected chi connectivity index (χ0v) is 9.01. The topological polar surface area (TPSA) is 12.4 Å². The maximum atomic E-state index is 13.0. The summed E-state index contributed by atoms with van der Waals surface area (Å²) in [6, 6.07) is 7.04. The maximum Gasteiger partial charge on any atom is 0.123 e. The third-order valence-electron chi connectivity index (χ3n) is 2.30. The van der Waals surface area contributed by atoms with Gasteiger partial charge < -0.3 is 0 Å². The first-order valence-electron chi connectivity index (χ1n) is 4.63. The van der Waals surface area contributed by atoms with Gasteiger partial charge >= 0.3 is 0 Å². The lowest BCUT2D eigenvalue weighted by Crippen LogP contribution is -2.04. The van der Waals surface area contributed by atoms with Gasteiger partial charge in [-0.25, -0.2) is 4.39 Å². The summed E-state index contributed by atoms with van der Waals surface area (Å²) in [4.78, 5) is 4.43. The number of nitrogens with zero attached hydrogens (tertiary/aromatic N) is 1. The second-order valence-corrected chi connectivity index (χ2v) is 4.82. The second-order valence-electron chi connectivity index (χ2n) is 3.48. The van der Waals surface area contributed by atoms with Crippen LogP contribution in [0.15, 0.2) is 29.3 Å². The molecule has 1 aromatic carbocycles. The van der Waals surface area contributed by atoms with Gasteiger partial charge in [-0.15, -0.1) is 11.8 Å². The van der Waals surface area contributed by atoms with E-state index in [1.165, 1.54) is 6.07 Å². The minimum absolute atomic E-state index is 0.167. The van der Waals surface area contributed by atoms with Crippen molar-refractivity contribution in [2.75, 3.05) is 0 Å². The van der Waals surface area contributed by atoms with Crippen LogP contribution in [0.2, 0.25) is 0 Å². The molecular formula is C11H12FNS. The quantitative estimate of drug-likeness (QED) is 0.690. The van der Waals surface area contributed by atoms with Crippen LogP contribution in [-0.2, 0) is 0 Å². The molecule has 0 aromatic heterocycles. The smallest absolute Gasteiger partial charge is 0.123 e. The highest BCUT2D eigenvalue weighted by molar-refractivity contribution is 8.14. The first-order valence-corrected chi connectivity index (χ1v) is 5.51. The third-order valence-corrected chi connectivity index (χ3v) is 3.66. The van der Waals surface area contributed by atoms with E-state index in [9.17, 15) is 4.39 Å². The predicted molar refractivity (Wildman–Crippen MR) is 59.3 cm³/mol. The Kier molecular flexibility index (Phi) is 2.59. The molecule has 1 aromatic rings. The van der Waals surface area contributed by atoms with E-state index >= 15 is 0 Å². The van der Waals surface area contributed by atoms with Gasteiger partial charge in [-0.3, -0.25) is 4.99 Å². The minimum Gasteiger partial charge on any atom is -0.279 e. The number of halogens is 1. The number of thioether (sulfide) groups is 1. The summed E-state index contributed by atoms with van der Waals surface area (Å²) in [5.41, 5.74) is 1.03. The Morgan fingerprint density at radius 3 is 2.79 bits per heavy atom. The van der Waals surface area contributed by atoms with Crippen LogP contribution >= 0.6 is 11.8 Å². The molecule has 0 saturated carbocycles. The average molecular weight is 209 g/mol. The van der Waals surface area contributed by atoms with Crippen molar-refractivity contribution in [2.45, 2.75) is 25.1 Å². The molecule has 0 bridgehead atoms. The van der Waals surface area contributed by atoms with E-state index in [1.807, 2.05) is 13.0 Å². The van der Waals surface area contributed by atoms with Gasteiger partial charge in [0, 0.05) is 0 Å². The highest BCUT2D eigenvalue weighted by Crippen LogP contribution is 2.39. The first kappa shape index (κ1) is 9.71. The fraction of sp³-hybridized carbons (Fsp3) is 0.364. The third kappa shape index (κ3) is 1.82. The van der Waals surface area contributed by atoms with Crippen molar-refractivity contribution in [3.8, 4) is 0 Å². The molecule has 14 heavy (non-hydrogen) atoms. The normalized spacial score (nSPS) is 26.4. The molecule has 2 atom stereocenters. The summed E-state index contributed by atoms with van der Waals surface area (Å²) in [5.74, 6) is -0.167. The Morgan fingerprint density at radius 1 is 1.43 bits per heavy atom. The van der Waals surface area contributed by atoms with E-state index in [1.54, 1.807) is 23.9 Å². The Bertz CT molecular complexity index is 375. The van der Waals surface area contributed by atoms with Gasteiger partial charge in [0.1, 0.15) is 5.82 Å². The highest BCUT2D eigenvalue weighted by Gasteiger charge is 2.26. The molecule has 0 aliphatic carbocycles. The molecule has 2 rings (SSSR count). The van der Waals surface area contributed by atoms with Gasteiger partial charge in [0.05, 0.1) is 16.3 Å². The monoisotopic (exact) mass is 209 g/mol. The molecule has 0 saturated heterocycles. The summed E-state index contributed by atoms with van der Waals surface area (Å²) >= 11 is 1.72. The van der Waals surface area contributed by atoms with E-state index in [0.29, 0.717) is 0 Å². The molecule has 1 nitrogen and oxygen atoms in total. The molecule has 0 radical (unpaired) electrons. The van der Waals surface area contributed by atoms with Crippen LogP contribution in [0.5, 0.6) is 0 Å². The molecule has 1 heterocycles. The summed E-state index contributed by atoms with van der Waals surface area (Å²) in [7, 11) is 0. The molecule has 3 heteroatoms. The van der Waals surface area contributed by atoms with Crippen molar-refractivity contribution in [3.05, 3.63) is 35.6 Å². The number of hydrogen-bond donors (Lipinski definition) is 0. The van der Waals surface area contributed by atoms with Crippen molar-refractivity contribution < 1.29 is 4.39 Å². The van der Waals surface area contributed by atoms with Crippen molar-refractivity contribution in [1.29, 1.82) is 0 Å². The van der Waals surface area contributed by atoms with Gasteiger partial charge in [0.2, 0.25) is 0 Å². The van der Waals surface area contributed by atoms with Crippen molar-refractivity contribution in [1.82, 2.24) is 0 Å². The van der Waals surface area contributed by atoms with Crippen LogP contribution in [-0.4, -0.2) is 11.1 Å². The van der Waals surface area contributed by atoms with E-state index in [2.05, 4.69) is 11.9 Å². The average Bonchev–Trinajstić information content (AvgIpc) is 2.45. The van der Waals surface area contributed by atoms with E-state index in [0.717, 1.165) is 10.6 Å². The van der Waals surface area contributed by atoms with E-state index in [4.69, 9.17) is 0 Å². The summed E-state index contributed by atoms with van der Waals surface area (Å²) < 4.78 is 13.0. The lowest BCUT2D eigenvalue weighted by atomic mass is 10.1. The zero-order chi connectivity index (χ0) is 10.1. The van der Waals surface area contributed by atoms with Crippen LogP contribution in [0, 0.1) is 5.82 Å². The Hall–Kier alpha value is -0.830. The van der Waals surface area contributed by atoms with Crippen LogP contribution in [0.4, 0.5) is 4.39 Å². The molecule has 1 aliphatic rings. The highest BCUT2D eigenvalue weighted by atomic mass is 32.2. The Morgan fingerprint density at radius 2 is 2.21 bits per heavy atom. The fourth-order valence-electron chi connectivity index (χ4n) is 1.70. The molecular weight excluding hydrogens is 197 g/mol. The summed E-state index contributed by atoms with van der Waals surface area (Å²) in [5, 5.41) is 1.37.